The molecule has 4 heteroatoms. The number of primary amides is 1. The molecule has 1 amide bonds. The molecule has 0 aliphatic rings. The molecule has 1 rings (SSSR count). The molecule has 0 saturated carbocycles. The van der Waals surface area contributed by atoms with Crippen molar-refractivity contribution >= 4 is 17.5 Å². The van der Waals surface area contributed by atoms with E-state index >= 15 is 0 Å². The third kappa shape index (κ3) is 2.46. The van der Waals surface area contributed by atoms with Crippen LogP contribution in [0, 0.1) is 11.3 Å². The van der Waals surface area contributed by atoms with Crippen LogP contribution < -0.4 is 5.73 Å². The lowest BCUT2D eigenvalue weighted by Crippen LogP contribution is -2.13. The lowest BCUT2D eigenvalue weighted by molar-refractivity contribution is -0.117. The maximum atomic E-state index is 10.6. The van der Waals surface area contributed by atoms with Crippen LogP contribution in [0.3, 0.4) is 0 Å². The first-order chi connectivity index (χ1) is 6.13. The molecule has 2 N–H and O–H groups in total. The van der Waals surface area contributed by atoms with Crippen LogP contribution in [0.2, 0.25) is 5.02 Å². The van der Waals surface area contributed by atoms with Crippen molar-refractivity contribution < 1.29 is 4.79 Å². The van der Waals surface area contributed by atoms with Gasteiger partial charge < -0.3 is 5.73 Å². The number of hydrogen-bond donors (Lipinski definition) is 1. The third-order valence-corrected chi connectivity index (χ3v) is 1.86. The van der Waals surface area contributed by atoms with Gasteiger partial charge in [0.2, 0.25) is 5.91 Å². The number of nitriles is 1. The van der Waals surface area contributed by atoms with Crippen molar-refractivity contribution in [3.63, 3.8) is 0 Å². The van der Waals surface area contributed by atoms with Crippen LogP contribution in [0.15, 0.2) is 18.2 Å². The molecular weight excluding hydrogens is 188 g/mol. The maximum absolute atomic E-state index is 10.6. The summed E-state index contributed by atoms with van der Waals surface area (Å²) in [7, 11) is 0. The minimum Gasteiger partial charge on any atom is -0.369 e. The molecule has 0 heterocycles. The fourth-order valence-electron chi connectivity index (χ4n) is 0.969. The van der Waals surface area contributed by atoms with Crippen LogP contribution in [0.4, 0.5) is 0 Å². The predicted octanol–water partition coefficient (Wildman–Crippen LogP) is 1.24. The predicted molar refractivity (Wildman–Crippen MR) is 49.1 cm³/mol. The number of halogens is 1. The molecule has 3 nitrogen and oxygen atoms in total. The Kier molecular flexibility index (Phi) is 2.88. The van der Waals surface area contributed by atoms with E-state index in [0.29, 0.717) is 16.1 Å². The molecule has 0 unspecified atom stereocenters. The number of carbonyl (C=O) groups is 1. The van der Waals surface area contributed by atoms with Crippen molar-refractivity contribution in [3.8, 4) is 6.07 Å². The monoisotopic (exact) mass is 194 g/mol. The topological polar surface area (TPSA) is 66.9 Å². The van der Waals surface area contributed by atoms with Gasteiger partial charge in [-0.15, -0.1) is 0 Å². The van der Waals surface area contributed by atoms with E-state index in [9.17, 15) is 4.79 Å². The number of amides is 1. The largest absolute Gasteiger partial charge is 0.369 e. The molecule has 0 saturated heterocycles. The Hall–Kier alpha value is -1.53. The Morgan fingerprint density at radius 1 is 1.62 bits per heavy atom. The third-order valence-electron chi connectivity index (χ3n) is 1.53. The normalized spacial score (nSPS) is 9.23. The molecule has 0 atom stereocenters. The van der Waals surface area contributed by atoms with E-state index in [-0.39, 0.29) is 6.42 Å². The van der Waals surface area contributed by atoms with Gasteiger partial charge in [0.1, 0.15) is 6.07 Å². The van der Waals surface area contributed by atoms with Crippen molar-refractivity contribution in [3.05, 3.63) is 34.3 Å². The van der Waals surface area contributed by atoms with Gasteiger partial charge in [-0.3, -0.25) is 4.79 Å². The number of rotatable bonds is 2. The fourth-order valence-corrected chi connectivity index (χ4v) is 1.13. The summed E-state index contributed by atoms with van der Waals surface area (Å²) in [5.74, 6) is -0.425. The second-order valence-electron chi connectivity index (χ2n) is 2.57. The quantitative estimate of drug-likeness (QED) is 0.770. The van der Waals surface area contributed by atoms with E-state index < -0.39 is 5.91 Å². The highest BCUT2D eigenvalue weighted by Gasteiger charge is 2.03. The van der Waals surface area contributed by atoms with Gasteiger partial charge in [0.05, 0.1) is 17.0 Å². The first-order valence-electron chi connectivity index (χ1n) is 3.60. The summed E-state index contributed by atoms with van der Waals surface area (Å²) < 4.78 is 0. The van der Waals surface area contributed by atoms with Gasteiger partial charge in [-0.05, 0) is 17.7 Å². The number of benzene rings is 1. The SMILES string of the molecule is N#Cc1cc(CC(N)=O)ccc1Cl. The molecular formula is C9H7ClN2O. The van der Waals surface area contributed by atoms with E-state index in [1.165, 1.54) is 0 Å². The van der Waals surface area contributed by atoms with Crippen molar-refractivity contribution in [1.29, 1.82) is 5.26 Å². The van der Waals surface area contributed by atoms with E-state index in [2.05, 4.69) is 0 Å². The van der Waals surface area contributed by atoms with Gasteiger partial charge in [0.15, 0.2) is 0 Å². The van der Waals surface area contributed by atoms with Crippen LogP contribution in [-0.2, 0) is 11.2 Å². The highest BCUT2D eigenvalue weighted by Crippen LogP contribution is 2.16. The summed E-state index contributed by atoms with van der Waals surface area (Å²) in [6.45, 7) is 0. The first-order valence-corrected chi connectivity index (χ1v) is 3.98. The molecule has 1 aromatic rings. The Morgan fingerprint density at radius 3 is 2.85 bits per heavy atom. The van der Waals surface area contributed by atoms with Crippen LogP contribution in [0.25, 0.3) is 0 Å². The zero-order valence-corrected chi connectivity index (χ0v) is 7.51. The van der Waals surface area contributed by atoms with E-state index in [1.54, 1.807) is 18.2 Å². The van der Waals surface area contributed by atoms with Crippen molar-refractivity contribution in [2.75, 3.05) is 0 Å². The Bertz CT molecular complexity index is 382. The van der Waals surface area contributed by atoms with Gasteiger partial charge >= 0.3 is 0 Å². The maximum Gasteiger partial charge on any atom is 0.221 e. The number of nitrogens with zero attached hydrogens (tertiary/aromatic N) is 1. The molecule has 1 aromatic carbocycles. The number of hydrogen-bond acceptors (Lipinski definition) is 2. The molecule has 0 aromatic heterocycles. The van der Waals surface area contributed by atoms with Gasteiger partial charge in [-0.1, -0.05) is 17.7 Å². The summed E-state index contributed by atoms with van der Waals surface area (Å²) in [5.41, 5.74) is 6.06. The Balaban J connectivity index is 3.01. The average Bonchev–Trinajstić information content (AvgIpc) is 2.07. The summed E-state index contributed by atoms with van der Waals surface area (Å²) >= 11 is 5.69. The van der Waals surface area contributed by atoms with E-state index in [0.717, 1.165) is 0 Å². The zero-order chi connectivity index (χ0) is 9.84. The van der Waals surface area contributed by atoms with Crippen LogP contribution in [0.5, 0.6) is 0 Å². The smallest absolute Gasteiger partial charge is 0.221 e. The molecule has 66 valence electrons. The molecule has 0 fully saturated rings. The van der Waals surface area contributed by atoms with Crippen LogP contribution in [0.1, 0.15) is 11.1 Å². The molecule has 0 aliphatic heterocycles. The lowest BCUT2D eigenvalue weighted by atomic mass is 10.1. The number of carbonyl (C=O) groups excluding carboxylic acids is 1. The minimum absolute atomic E-state index is 0.131. The highest BCUT2D eigenvalue weighted by atomic mass is 35.5. The number of nitrogens with two attached hydrogens (primary N) is 1. The minimum atomic E-state index is -0.425. The van der Waals surface area contributed by atoms with E-state index in [4.69, 9.17) is 22.6 Å². The van der Waals surface area contributed by atoms with Gasteiger partial charge in [0.25, 0.3) is 0 Å². The zero-order valence-electron chi connectivity index (χ0n) is 6.75. The molecule has 0 spiro atoms. The molecule has 0 bridgehead atoms. The van der Waals surface area contributed by atoms with Crippen molar-refractivity contribution in [2.24, 2.45) is 5.73 Å². The first kappa shape index (κ1) is 9.56. The Morgan fingerprint density at radius 2 is 2.31 bits per heavy atom. The van der Waals surface area contributed by atoms with Crippen molar-refractivity contribution in [1.82, 2.24) is 0 Å². The Labute approximate surface area is 80.7 Å². The van der Waals surface area contributed by atoms with Crippen LogP contribution in [-0.4, -0.2) is 5.91 Å². The summed E-state index contributed by atoms with van der Waals surface area (Å²) in [6, 6.07) is 6.74. The second kappa shape index (κ2) is 3.92. The van der Waals surface area contributed by atoms with Gasteiger partial charge in [-0.25, -0.2) is 0 Å². The molecule has 0 radical (unpaired) electrons. The fraction of sp³-hybridized carbons (Fsp3) is 0.111. The summed E-state index contributed by atoms with van der Waals surface area (Å²) in [4.78, 5) is 10.6. The highest BCUT2D eigenvalue weighted by molar-refractivity contribution is 6.31. The summed E-state index contributed by atoms with van der Waals surface area (Å²) in [5, 5.41) is 9.01. The van der Waals surface area contributed by atoms with Gasteiger partial charge in [-0.2, -0.15) is 5.26 Å². The molecule has 13 heavy (non-hydrogen) atoms. The van der Waals surface area contributed by atoms with Crippen molar-refractivity contribution in [2.45, 2.75) is 6.42 Å². The van der Waals surface area contributed by atoms with Gasteiger partial charge in [0, 0.05) is 0 Å². The summed E-state index contributed by atoms with van der Waals surface area (Å²) in [6.07, 6.45) is 0.131. The van der Waals surface area contributed by atoms with Crippen LogP contribution >= 0.6 is 11.6 Å². The molecule has 0 aliphatic carbocycles. The second-order valence-corrected chi connectivity index (χ2v) is 2.98. The average molecular weight is 195 g/mol. The lowest BCUT2D eigenvalue weighted by Gasteiger charge is -1.99. The van der Waals surface area contributed by atoms with E-state index in [1.807, 2.05) is 6.07 Å². The standard InChI is InChI=1S/C9H7ClN2O/c10-8-2-1-6(4-9(12)13)3-7(8)5-11/h1-3H,4H2,(H2,12,13).